The van der Waals surface area contributed by atoms with Crippen molar-refractivity contribution in [2.75, 3.05) is 0 Å². The average Bonchev–Trinajstić information content (AvgIpc) is 2.74. The number of aromatic hydroxyl groups is 5. The highest BCUT2D eigenvalue weighted by molar-refractivity contribution is 5.88. The molecule has 14 nitrogen and oxygen atoms in total. The normalized spacial score (nSPS) is 23.8. The Hall–Kier alpha value is -3.79. The van der Waals surface area contributed by atoms with Crippen LogP contribution in [0.4, 0.5) is 0 Å². The van der Waals surface area contributed by atoms with Crippen LogP contribution in [-0.2, 0) is 4.74 Å². The summed E-state index contributed by atoms with van der Waals surface area (Å²) in [7, 11) is 0. The van der Waals surface area contributed by atoms with Gasteiger partial charge >= 0.3 is 0 Å². The minimum atomic E-state index is -1.80. The fourth-order valence-corrected chi connectivity index (χ4v) is 3.53. The number of phenols is 5. The fourth-order valence-electron chi connectivity index (χ4n) is 3.53. The second kappa shape index (κ2) is 9.83. The Morgan fingerprint density at radius 1 is 0.829 bits per heavy atom. The van der Waals surface area contributed by atoms with Crippen molar-refractivity contribution in [1.29, 1.82) is 0 Å². The monoisotopic (exact) mass is 500 g/mol. The molecular weight excluding hydrogens is 476 g/mol. The van der Waals surface area contributed by atoms with Crippen LogP contribution in [0.3, 0.4) is 0 Å². The van der Waals surface area contributed by atoms with Gasteiger partial charge in [-0.05, 0) is 19.1 Å². The smallest absolute Gasteiger partial charge is 0.239 e. The highest BCUT2D eigenvalue weighted by Gasteiger charge is 2.44. The lowest BCUT2D eigenvalue weighted by molar-refractivity contribution is -0.268. The zero-order chi connectivity index (χ0) is 24.2. The van der Waals surface area contributed by atoms with Gasteiger partial charge in [0.05, 0.1) is 6.10 Å². The molecule has 1 aromatic heterocycles. The molecular formula is C21H24O14. The Morgan fingerprint density at radius 3 is 2.03 bits per heavy atom. The van der Waals surface area contributed by atoms with E-state index in [0.717, 1.165) is 24.3 Å². The van der Waals surface area contributed by atoms with Gasteiger partial charge < -0.3 is 65.7 Å². The number of aliphatic hydroxyl groups is 3. The van der Waals surface area contributed by atoms with Gasteiger partial charge in [0.15, 0.2) is 23.0 Å². The van der Waals surface area contributed by atoms with Crippen LogP contribution in [0, 0.1) is 0 Å². The quantitative estimate of drug-likeness (QED) is 0.192. The lowest BCUT2D eigenvalue weighted by Gasteiger charge is -2.38. The van der Waals surface area contributed by atoms with E-state index in [4.69, 9.17) is 13.9 Å². The Morgan fingerprint density at radius 2 is 1.43 bits per heavy atom. The van der Waals surface area contributed by atoms with Crippen molar-refractivity contribution in [1.82, 2.24) is 0 Å². The van der Waals surface area contributed by atoms with Gasteiger partial charge in [-0.15, -0.1) is 0 Å². The fraction of sp³-hybridized carbons (Fsp3) is 0.286. The van der Waals surface area contributed by atoms with Crippen LogP contribution >= 0.6 is 0 Å². The number of hydrogen-bond donors (Lipinski definition) is 8. The molecule has 0 radical (unpaired) electrons. The molecule has 0 spiro atoms. The highest BCUT2D eigenvalue weighted by atomic mass is 16.7. The number of phenolic OH excluding ortho intramolecular Hbond substituents is 5. The molecule has 1 aliphatic rings. The van der Waals surface area contributed by atoms with Crippen molar-refractivity contribution in [3.05, 3.63) is 34.5 Å². The topological polar surface area (TPSA) is 274 Å². The van der Waals surface area contributed by atoms with Gasteiger partial charge in [-0.3, -0.25) is 4.79 Å². The molecule has 5 atom stereocenters. The molecule has 0 aliphatic carbocycles. The average molecular weight is 500 g/mol. The molecule has 14 heteroatoms. The minimum absolute atomic E-state index is 0. The first-order chi connectivity index (χ1) is 15.5. The first kappa shape index (κ1) is 27.5. The summed E-state index contributed by atoms with van der Waals surface area (Å²) in [5.41, 5.74) is -1.45. The maximum absolute atomic E-state index is 13.2. The lowest BCUT2D eigenvalue weighted by Crippen LogP contribution is -2.58. The van der Waals surface area contributed by atoms with Crippen LogP contribution in [0.15, 0.2) is 33.5 Å². The van der Waals surface area contributed by atoms with E-state index in [1.165, 1.54) is 6.92 Å². The molecule has 192 valence electrons. The summed E-state index contributed by atoms with van der Waals surface area (Å²) in [6, 6.07) is 3.79. The Balaban J connectivity index is 0.00000216. The molecule has 3 aromatic rings. The predicted octanol–water partition coefficient (Wildman–Crippen LogP) is -1.46. The van der Waals surface area contributed by atoms with Crippen LogP contribution in [0.2, 0.25) is 0 Å². The number of rotatable bonds is 3. The molecule has 12 N–H and O–H groups in total. The van der Waals surface area contributed by atoms with Crippen molar-refractivity contribution in [3.63, 3.8) is 0 Å². The van der Waals surface area contributed by atoms with E-state index in [-0.39, 0.29) is 22.1 Å². The van der Waals surface area contributed by atoms with Crippen molar-refractivity contribution >= 4 is 11.0 Å². The molecule has 35 heavy (non-hydrogen) atoms. The Bertz CT molecular complexity index is 1260. The number of fused-ring (bicyclic) bond motifs is 1. The molecule has 0 saturated carbocycles. The summed E-state index contributed by atoms with van der Waals surface area (Å²) in [4.78, 5) is 13.2. The standard InChI is InChI=1S/C21H20O12.2H2O/c1-6-14(26)17(29)18(30)21(31-6)33-20-16(28)13-9(23)4-8(22)5-12(13)32-19(20)7-2-10(24)15(27)11(25)3-7;;/h2-6,14,17-18,21-27,29-30H,1H3;2*1H2/t6-,14-,17+,18+,21?;;/m1../s1. The highest BCUT2D eigenvalue weighted by Crippen LogP contribution is 2.43. The van der Waals surface area contributed by atoms with Crippen LogP contribution in [-0.4, -0.2) is 82.5 Å². The molecule has 2 aromatic carbocycles. The van der Waals surface area contributed by atoms with Crippen LogP contribution in [0.25, 0.3) is 22.3 Å². The number of hydrogen-bond acceptors (Lipinski definition) is 12. The molecule has 1 aliphatic heterocycles. The molecule has 1 unspecified atom stereocenters. The van der Waals surface area contributed by atoms with Crippen molar-refractivity contribution in [2.45, 2.75) is 37.6 Å². The van der Waals surface area contributed by atoms with Gasteiger partial charge in [0, 0.05) is 17.7 Å². The van der Waals surface area contributed by atoms with Gasteiger partial charge in [0.1, 0.15) is 40.8 Å². The maximum Gasteiger partial charge on any atom is 0.239 e. The van der Waals surface area contributed by atoms with Crippen molar-refractivity contribution < 1.29 is 65.7 Å². The molecule has 2 heterocycles. The van der Waals surface area contributed by atoms with Crippen LogP contribution < -0.4 is 10.2 Å². The number of benzene rings is 2. The van der Waals surface area contributed by atoms with E-state index in [1.54, 1.807) is 0 Å². The van der Waals surface area contributed by atoms with Gasteiger partial charge in [-0.1, -0.05) is 0 Å². The van der Waals surface area contributed by atoms with E-state index in [1.807, 2.05) is 0 Å². The van der Waals surface area contributed by atoms with E-state index >= 15 is 0 Å². The number of ether oxygens (including phenoxy) is 2. The Labute approximate surface area is 195 Å². The zero-order valence-electron chi connectivity index (χ0n) is 17.9. The summed E-state index contributed by atoms with van der Waals surface area (Å²) in [5, 5.41) is 79.1. The maximum atomic E-state index is 13.2. The van der Waals surface area contributed by atoms with Crippen LogP contribution in [0.5, 0.6) is 34.5 Å². The Kier molecular flexibility index (Phi) is 7.71. The van der Waals surface area contributed by atoms with Gasteiger partial charge in [0.25, 0.3) is 0 Å². The second-order valence-corrected chi connectivity index (χ2v) is 7.59. The van der Waals surface area contributed by atoms with E-state index in [9.17, 15) is 45.6 Å². The third-order valence-electron chi connectivity index (χ3n) is 5.29. The third-order valence-corrected chi connectivity index (χ3v) is 5.29. The van der Waals surface area contributed by atoms with Gasteiger partial charge in [0.2, 0.25) is 17.5 Å². The van der Waals surface area contributed by atoms with E-state index in [2.05, 4.69) is 0 Å². The first-order valence-electron chi connectivity index (χ1n) is 9.64. The van der Waals surface area contributed by atoms with Gasteiger partial charge in [-0.25, -0.2) is 0 Å². The predicted molar refractivity (Wildman–Crippen MR) is 116 cm³/mol. The molecule has 0 bridgehead atoms. The zero-order valence-corrected chi connectivity index (χ0v) is 17.9. The van der Waals surface area contributed by atoms with E-state index < -0.39 is 81.8 Å². The SMILES string of the molecule is C[C@H]1OC(Oc2c(-c3cc(O)c(O)c(O)c3)oc3cc(O)cc(O)c3c2=O)[C@@H](O)[C@@H](O)[C@@H]1O.O.O. The third kappa shape index (κ3) is 4.61. The largest absolute Gasteiger partial charge is 0.508 e. The van der Waals surface area contributed by atoms with Gasteiger partial charge in [-0.2, -0.15) is 0 Å². The lowest BCUT2D eigenvalue weighted by atomic mass is 10.00. The first-order valence-corrected chi connectivity index (χ1v) is 9.64. The minimum Gasteiger partial charge on any atom is -0.508 e. The molecule has 0 amide bonds. The number of aliphatic hydroxyl groups excluding tert-OH is 3. The van der Waals surface area contributed by atoms with Crippen molar-refractivity contribution in [3.8, 4) is 45.8 Å². The molecule has 4 rings (SSSR count). The van der Waals surface area contributed by atoms with E-state index in [0.29, 0.717) is 0 Å². The second-order valence-electron chi connectivity index (χ2n) is 7.59. The summed E-state index contributed by atoms with van der Waals surface area (Å²) >= 11 is 0. The summed E-state index contributed by atoms with van der Waals surface area (Å²) < 4.78 is 16.5. The molecule has 1 saturated heterocycles. The summed E-state index contributed by atoms with van der Waals surface area (Å²) in [6.45, 7) is 1.39. The van der Waals surface area contributed by atoms with Crippen LogP contribution in [0.1, 0.15) is 6.92 Å². The summed E-state index contributed by atoms with van der Waals surface area (Å²) in [5.74, 6) is -4.55. The molecule has 1 fully saturated rings. The summed E-state index contributed by atoms with van der Waals surface area (Å²) in [6.07, 6.45) is -7.59. The van der Waals surface area contributed by atoms with Crippen molar-refractivity contribution in [2.24, 2.45) is 0 Å².